The van der Waals surface area contributed by atoms with Crippen molar-refractivity contribution in [3.05, 3.63) is 125 Å². The topological polar surface area (TPSA) is 42.3 Å². The van der Waals surface area contributed by atoms with Crippen LogP contribution in [0.15, 0.2) is 81.7 Å². The predicted octanol–water partition coefficient (Wildman–Crippen LogP) is 12.3. The largest absolute Gasteiger partial charge is 0.496 e. The van der Waals surface area contributed by atoms with Crippen LogP contribution >= 0.6 is 90.8 Å². The van der Waals surface area contributed by atoms with Gasteiger partial charge in [-0.3, -0.25) is 5.41 Å². The van der Waals surface area contributed by atoms with E-state index in [-0.39, 0.29) is 0 Å². The quantitative estimate of drug-likeness (QED) is 0.0874. The molecule has 0 saturated carbocycles. The van der Waals surface area contributed by atoms with E-state index in [1.807, 2.05) is 54.6 Å². The zero-order valence-electron chi connectivity index (χ0n) is 26.2. The minimum Gasteiger partial charge on any atom is -0.496 e. The Labute approximate surface area is 314 Å². The molecule has 244 valence electrons. The van der Waals surface area contributed by atoms with Crippen molar-refractivity contribution in [3.8, 4) is 11.5 Å². The number of hydrogen-bond acceptors (Lipinski definition) is 6. The molecular weight excluding hydrogens is 805 g/mol. The SMILES string of the molecule is CCSC(=N)c1cccc(Cl)c1CCc1cc(Br)ccc1OC.CCSC(=S)c1cccc(Cl)c1CCc1cc(Br)ccc1OC. The summed E-state index contributed by atoms with van der Waals surface area (Å²) in [5.41, 5.74) is 6.43. The smallest absolute Gasteiger partial charge is 0.122 e. The van der Waals surface area contributed by atoms with Crippen molar-refractivity contribution in [1.29, 1.82) is 5.41 Å². The first-order valence-electron chi connectivity index (χ1n) is 14.7. The highest BCUT2D eigenvalue weighted by atomic mass is 79.9. The summed E-state index contributed by atoms with van der Waals surface area (Å²) in [7, 11) is 3.38. The van der Waals surface area contributed by atoms with Crippen molar-refractivity contribution in [2.45, 2.75) is 39.5 Å². The second-order valence-corrected chi connectivity index (χ2v) is 15.8. The molecule has 4 rings (SSSR count). The van der Waals surface area contributed by atoms with Crippen molar-refractivity contribution in [2.75, 3.05) is 25.7 Å². The van der Waals surface area contributed by atoms with Crippen molar-refractivity contribution in [3.63, 3.8) is 0 Å². The van der Waals surface area contributed by atoms with E-state index in [0.29, 0.717) is 5.04 Å². The Hall–Kier alpha value is -1.52. The lowest BCUT2D eigenvalue weighted by molar-refractivity contribution is 0.409. The van der Waals surface area contributed by atoms with E-state index in [9.17, 15) is 0 Å². The normalized spacial score (nSPS) is 10.6. The Morgan fingerprint density at radius 2 is 1.15 bits per heavy atom. The van der Waals surface area contributed by atoms with E-state index in [2.05, 4.69) is 63.9 Å². The average Bonchev–Trinajstić information content (AvgIpc) is 3.04. The molecule has 0 heterocycles. The van der Waals surface area contributed by atoms with Gasteiger partial charge in [-0.2, -0.15) is 0 Å². The molecule has 0 bridgehead atoms. The van der Waals surface area contributed by atoms with Gasteiger partial charge in [-0.15, -0.1) is 23.5 Å². The van der Waals surface area contributed by atoms with Crippen LogP contribution in [0.1, 0.15) is 47.2 Å². The van der Waals surface area contributed by atoms with Crippen LogP contribution in [0.5, 0.6) is 11.5 Å². The van der Waals surface area contributed by atoms with Gasteiger partial charge in [0.05, 0.1) is 23.5 Å². The summed E-state index contributed by atoms with van der Waals surface area (Å²) in [5, 5.41) is 10.3. The Balaban J connectivity index is 0.000000250. The molecule has 0 aliphatic carbocycles. The molecule has 4 aromatic rings. The van der Waals surface area contributed by atoms with Crippen LogP contribution < -0.4 is 9.47 Å². The third kappa shape index (κ3) is 11.3. The maximum absolute atomic E-state index is 8.23. The molecule has 46 heavy (non-hydrogen) atoms. The summed E-state index contributed by atoms with van der Waals surface area (Å²) in [4.78, 5) is 0. The van der Waals surface area contributed by atoms with Crippen molar-refractivity contribution in [1.82, 2.24) is 0 Å². The van der Waals surface area contributed by atoms with Gasteiger partial charge in [-0.25, -0.2) is 0 Å². The highest BCUT2D eigenvalue weighted by Crippen LogP contribution is 2.30. The van der Waals surface area contributed by atoms with E-state index in [0.717, 1.165) is 105 Å². The van der Waals surface area contributed by atoms with Crippen molar-refractivity contribution >= 4 is 100 Å². The monoisotopic (exact) mass is 839 g/mol. The van der Waals surface area contributed by atoms with E-state index < -0.39 is 0 Å². The highest BCUT2D eigenvalue weighted by Gasteiger charge is 2.14. The molecule has 1 N–H and O–H groups in total. The molecule has 0 spiro atoms. The van der Waals surface area contributed by atoms with Gasteiger partial charge in [-0.1, -0.05) is 105 Å². The van der Waals surface area contributed by atoms with Gasteiger partial charge < -0.3 is 9.47 Å². The number of rotatable bonds is 12. The van der Waals surface area contributed by atoms with Gasteiger partial charge >= 0.3 is 0 Å². The van der Waals surface area contributed by atoms with E-state index in [4.69, 9.17) is 50.3 Å². The molecule has 0 unspecified atom stereocenters. The van der Waals surface area contributed by atoms with Crippen LogP contribution in [0.4, 0.5) is 0 Å². The predicted molar refractivity (Wildman–Crippen MR) is 214 cm³/mol. The van der Waals surface area contributed by atoms with Crippen LogP contribution in [-0.4, -0.2) is 35.0 Å². The number of nitrogens with one attached hydrogen (secondary N) is 1. The summed E-state index contributed by atoms with van der Waals surface area (Å²) in [5.74, 6) is 3.61. The molecule has 0 aliphatic rings. The molecule has 0 aliphatic heterocycles. The van der Waals surface area contributed by atoms with Crippen LogP contribution in [0, 0.1) is 5.41 Å². The zero-order valence-corrected chi connectivity index (χ0v) is 33.4. The Morgan fingerprint density at radius 1 is 0.696 bits per heavy atom. The lowest BCUT2D eigenvalue weighted by Gasteiger charge is -2.14. The third-order valence-corrected chi connectivity index (χ3v) is 10.9. The second kappa shape index (κ2) is 20.1. The van der Waals surface area contributed by atoms with Gasteiger partial charge in [0, 0.05) is 30.1 Å². The fourth-order valence-corrected chi connectivity index (χ4v) is 8.01. The Morgan fingerprint density at radius 3 is 1.61 bits per heavy atom. The molecule has 0 atom stereocenters. The summed E-state index contributed by atoms with van der Waals surface area (Å²) in [6, 6.07) is 23.8. The van der Waals surface area contributed by atoms with Crippen LogP contribution in [0.25, 0.3) is 0 Å². The molecule has 0 fully saturated rings. The lowest BCUT2D eigenvalue weighted by atomic mass is 9.99. The number of ether oxygens (including phenoxy) is 2. The number of thioether (sulfide) groups is 2. The molecule has 3 nitrogen and oxygen atoms in total. The Kier molecular flexibility index (Phi) is 17.0. The number of aryl methyl sites for hydroxylation is 2. The van der Waals surface area contributed by atoms with Crippen LogP contribution in [0.2, 0.25) is 10.0 Å². The lowest BCUT2D eigenvalue weighted by Crippen LogP contribution is -2.04. The minimum absolute atomic E-state index is 0.575. The highest BCUT2D eigenvalue weighted by molar-refractivity contribution is 9.10. The fourth-order valence-electron chi connectivity index (χ4n) is 4.86. The standard InChI is InChI=1S/C18H19BrClNOS.C18H18BrClOS2/c1-3-23-18(21)15-5-4-6-16(20)14(15)9-7-12-11-13(19)8-10-17(12)22-2;1-3-23-18(22)15-5-4-6-16(20)14(15)9-7-12-11-13(19)8-10-17(12)21-2/h4-6,8,10-11,21H,3,7,9H2,1-2H3;4-6,8,10-11H,3,7,9H2,1-2H3. The summed E-state index contributed by atoms with van der Waals surface area (Å²) in [6.45, 7) is 4.16. The molecule has 0 aromatic heterocycles. The van der Waals surface area contributed by atoms with E-state index in [1.54, 1.807) is 26.0 Å². The van der Waals surface area contributed by atoms with Crippen molar-refractivity contribution < 1.29 is 9.47 Å². The first kappa shape index (κ1) is 38.9. The van der Waals surface area contributed by atoms with Gasteiger partial charge in [0.2, 0.25) is 0 Å². The number of thiocarbonyl (C=S) groups is 1. The maximum atomic E-state index is 8.23. The molecule has 0 saturated heterocycles. The van der Waals surface area contributed by atoms with Gasteiger partial charge in [0.25, 0.3) is 0 Å². The average molecular weight is 843 g/mol. The first-order chi connectivity index (χ1) is 22.1. The fraction of sp³-hybridized carbons (Fsp3) is 0.278. The number of methoxy groups -OCH3 is 2. The van der Waals surface area contributed by atoms with Crippen molar-refractivity contribution in [2.24, 2.45) is 0 Å². The van der Waals surface area contributed by atoms with E-state index in [1.165, 1.54) is 11.8 Å². The third-order valence-electron chi connectivity index (χ3n) is 7.04. The van der Waals surface area contributed by atoms with E-state index >= 15 is 0 Å². The summed E-state index contributed by atoms with van der Waals surface area (Å²) in [6.07, 6.45) is 3.25. The minimum atomic E-state index is 0.575. The zero-order chi connectivity index (χ0) is 33.6. The second-order valence-electron chi connectivity index (χ2n) is 9.93. The van der Waals surface area contributed by atoms with Crippen LogP contribution in [0.3, 0.4) is 0 Å². The molecule has 0 amide bonds. The summed E-state index contributed by atoms with van der Waals surface area (Å²) < 4.78 is 13.9. The van der Waals surface area contributed by atoms with Gasteiger partial charge in [-0.05, 0) is 108 Å². The number of hydrogen-bond donors (Lipinski definition) is 1. The first-order valence-corrected chi connectivity index (χ1v) is 19.4. The van der Waals surface area contributed by atoms with Gasteiger partial charge in [0.15, 0.2) is 0 Å². The summed E-state index contributed by atoms with van der Waals surface area (Å²) >= 11 is 28.6. The number of halogens is 4. The van der Waals surface area contributed by atoms with Gasteiger partial charge in [0.1, 0.15) is 11.5 Å². The molecule has 10 heteroatoms. The van der Waals surface area contributed by atoms with Crippen LogP contribution in [-0.2, 0) is 25.7 Å². The number of benzene rings is 4. The Bertz CT molecular complexity index is 1530. The maximum Gasteiger partial charge on any atom is 0.122 e. The molecule has 0 radical (unpaired) electrons. The molecule has 4 aromatic carbocycles. The molecular formula is C36H37Br2Cl2NO2S3.